The zero-order chi connectivity index (χ0) is 23.8. The number of allylic oxidation sites excluding steroid dienone is 3. The monoisotopic (exact) mass is 483 g/mol. The summed E-state index contributed by atoms with van der Waals surface area (Å²) in [4.78, 5) is 53.6. The molecule has 13 heteroatoms. The van der Waals surface area contributed by atoms with Crippen LogP contribution in [0.4, 0.5) is 11.8 Å². The molecule has 0 radical (unpaired) electrons. The molecule has 2 heterocycles. The quantitative estimate of drug-likeness (QED) is 0.145. The standard InChI is InChI=1S/C19H25N5O6S2/c1-9(2-6-13(25)22-11(18(29)30)4-7-14(26)27)12(31)5-3-10-8-21-16-15(32-10)17(28)24-19(20)23-16/h2,6,10-11,31H,3-5,7-8H2,1H3,(H,22,25)(H,26,27)(H,29,30)(H4,20,21,23,24,28)/b6-2+,12-9-/t10-,11+/m1/s1. The van der Waals surface area contributed by atoms with Crippen molar-refractivity contribution in [2.24, 2.45) is 0 Å². The molecule has 11 nitrogen and oxygen atoms in total. The van der Waals surface area contributed by atoms with Gasteiger partial charge in [-0.05, 0) is 36.7 Å². The number of carboxylic acid groups (broad SMARTS) is 2. The van der Waals surface area contributed by atoms with Gasteiger partial charge in [-0.3, -0.25) is 19.4 Å². The molecule has 1 aliphatic rings. The van der Waals surface area contributed by atoms with Crippen LogP contribution >= 0.6 is 24.4 Å². The fourth-order valence-electron chi connectivity index (χ4n) is 2.83. The van der Waals surface area contributed by atoms with Crippen molar-refractivity contribution in [2.75, 3.05) is 17.6 Å². The smallest absolute Gasteiger partial charge is 0.326 e. The molecule has 1 aromatic heterocycles. The number of anilines is 2. The zero-order valence-corrected chi connectivity index (χ0v) is 19.0. The van der Waals surface area contributed by atoms with Gasteiger partial charge in [-0.25, -0.2) is 4.79 Å². The number of nitrogens with two attached hydrogens (primary N) is 1. The number of nitrogens with zero attached hydrogens (tertiary/aromatic N) is 1. The third kappa shape index (κ3) is 7.64. The summed E-state index contributed by atoms with van der Waals surface area (Å²) >= 11 is 5.91. The summed E-state index contributed by atoms with van der Waals surface area (Å²) < 4.78 is 0. The Morgan fingerprint density at radius 1 is 1.34 bits per heavy atom. The van der Waals surface area contributed by atoms with Crippen molar-refractivity contribution in [3.05, 3.63) is 33.0 Å². The van der Waals surface area contributed by atoms with E-state index < -0.39 is 23.9 Å². The van der Waals surface area contributed by atoms with Gasteiger partial charge >= 0.3 is 11.9 Å². The molecule has 0 aromatic carbocycles. The second-order valence-corrected chi connectivity index (χ2v) is 8.93. The van der Waals surface area contributed by atoms with Crippen molar-refractivity contribution in [3.8, 4) is 0 Å². The van der Waals surface area contributed by atoms with Crippen LogP contribution in [0.15, 0.2) is 32.3 Å². The van der Waals surface area contributed by atoms with Crippen LogP contribution in [0.1, 0.15) is 32.6 Å². The van der Waals surface area contributed by atoms with E-state index in [1.807, 2.05) is 0 Å². The van der Waals surface area contributed by atoms with Crippen LogP contribution in [-0.4, -0.2) is 55.9 Å². The second-order valence-electron chi connectivity index (χ2n) is 7.08. The average Bonchev–Trinajstić information content (AvgIpc) is 2.72. The number of rotatable bonds is 10. The van der Waals surface area contributed by atoms with Crippen LogP contribution in [0, 0.1) is 0 Å². The average molecular weight is 484 g/mol. The van der Waals surface area contributed by atoms with Gasteiger partial charge in [-0.2, -0.15) is 4.98 Å². The highest BCUT2D eigenvalue weighted by Gasteiger charge is 2.23. The molecular formula is C19H25N5O6S2. The molecule has 0 aliphatic carbocycles. The number of aromatic nitrogens is 2. The number of nitrogens with one attached hydrogen (secondary N) is 3. The van der Waals surface area contributed by atoms with Crippen molar-refractivity contribution < 1.29 is 24.6 Å². The normalized spacial score (nSPS) is 17.1. The number of thioether (sulfide) groups is 1. The third-order valence-corrected chi connectivity index (χ3v) is 6.51. The number of carbonyl (C=O) groups excluding carboxylic acids is 1. The van der Waals surface area contributed by atoms with Gasteiger partial charge in [0.25, 0.3) is 5.56 Å². The van der Waals surface area contributed by atoms with Crippen molar-refractivity contribution >= 4 is 54.0 Å². The van der Waals surface area contributed by atoms with E-state index in [1.54, 1.807) is 6.92 Å². The molecule has 0 saturated heterocycles. The highest BCUT2D eigenvalue weighted by atomic mass is 32.2. The number of fused-ring (bicyclic) bond motifs is 1. The molecule has 0 spiro atoms. The second kappa shape index (κ2) is 11.6. The summed E-state index contributed by atoms with van der Waals surface area (Å²) in [7, 11) is 0. The summed E-state index contributed by atoms with van der Waals surface area (Å²) in [6.07, 6.45) is 3.45. The molecule has 1 aliphatic heterocycles. The molecule has 0 fully saturated rings. The number of hydrogen-bond acceptors (Lipinski definition) is 9. The van der Waals surface area contributed by atoms with E-state index in [9.17, 15) is 19.2 Å². The van der Waals surface area contributed by atoms with Gasteiger partial charge in [-0.1, -0.05) is 6.08 Å². The number of H-pyrrole nitrogens is 1. The topological polar surface area (TPSA) is 188 Å². The van der Waals surface area contributed by atoms with Gasteiger partial charge in [0.1, 0.15) is 16.8 Å². The highest BCUT2D eigenvalue weighted by molar-refractivity contribution is 8.00. The van der Waals surface area contributed by atoms with Gasteiger partial charge < -0.3 is 26.6 Å². The molecule has 0 bridgehead atoms. The van der Waals surface area contributed by atoms with E-state index >= 15 is 0 Å². The molecule has 1 aromatic rings. The van der Waals surface area contributed by atoms with Crippen molar-refractivity contribution in [2.45, 2.75) is 48.8 Å². The number of carboxylic acids is 2. The maximum Gasteiger partial charge on any atom is 0.326 e. The number of nitrogen functional groups attached to an aromatic ring is 1. The van der Waals surface area contributed by atoms with Crippen LogP contribution in [0.5, 0.6) is 0 Å². The minimum absolute atomic E-state index is 0.0592. The predicted octanol–water partition coefficient (Wildman–Crippen LogP) is 1.21. The lowest BCUT2D eigenvalue weighted by Gasteiger charge is -2.24. The first-order valence-electron chi connectivity index (χ1n) is 9.69. The SMILES string of the molecule is CC(/C=C/C(=O)N[C@@H](CCC(=O)O)C(=O)O)=C(/S)CC[C@@H]1CNc2nc(N)[nH]c(=O)c2S1. The van der Waals surface area contributed by atoms with E-state index in [2.05, 4.69) is 33.2 Å². The molecule has 7 N–H and O–H groups in total. The van der Waals surface area contributed by atoms with Gasteiger partial charge in [0.15, 0.2) is 0 Å². The highest BCUT2D eigenvalue weighted by Crippen LogP contribution is 2.34. The van der Waals surface area contributed by atoms with E-state index in [4.69, 9.17) is 15.9 Å². The largest absolute Gasteiger partial charge is 0.481 e. The Morgan fingerprint density at radius 3 is 2.72 bits per heavy atom. The van der Waals surface area contributed by atoms with Crippen molar-refractivity contribution in [1.82, 2.24) is 15.3 Å². The number of amides is 1. The Labute approximate surface area is 193 Å². The number of aliphatic carboxylic acids is 2. The lowest BCUT2D eigenvalue weighted by atomic mass is 10.1. The Kier molecular flexibility index (Phi) is 9.20. The van der Waals surface area contributed by atoms with Crippen molar-refractivity contribution in [1.29, 1.82) is 0 Å². The van der Waals surface area contributed by atoms with Crippen LogP contribution < -0.4 is 21.9 Å². The first-order chi connectivity index (χ1) is 15.1. The molecule has 2 rings (SSSR count). The first-order valence-corrected chi connectivity index (χ1v) is 11.0. The zero-order valence-electron chi connectivity index (χ0n) is 17.3. The molecular weight excluding hydrogens is 458 g/mol. The Morgan fingerprint density at radius 2 is 2.06 bits per heavy atom. The summed E-state index contributed by atoms with van der Waals surface area (Å²) in [5.41, 5.74) is 5.98. The molecule has 1 amide bonds. The number of hydrogen-bond donors (Lipinski definition) is 7. The van der Waals surface area contributed by atoms with Gasteiger partial charge in [0.2, 0.25) is 11.9 Å². The summed E-state index contributed by atoms with van der Waals surface area (Å²) in [6.45, 7) is 2.38. The Hall–Kier alpha value is -2.93. The van der Waals surface area contributed by atoms with E-state index in [0.29, 0.717) is 30.1 Å². The Balaban J connectivity index is 1.90. The summed E-state index contributed by atoms with van der Waals surface area (Å²) in [5, 5.41) is 23.3. The molecule has 2 atom stereocenters. The summed E-state index contributed by atoms with van der Waals surface area (Å²) in [6, 6.07) is -1.28. The lowest BCUT2D eigenvalue weighted by Crippen LogP contribution is -2.40. The fraction of sp³-hybridized carbons (Fsp3) is 0.421. The minimum atomic E-state index is -1.30. The Bertz CT molecular complexity index is 1010. The van der Waals surface area contributed by atoms with Crippen molar-refractivity contribution in [3.63, 3.8) is 0 Å². The van der Waals surface area contributed by atoms with E-state index in [-0.39, 0.29) is 29.6 Å². The van der Waals surface area contributed by atoms with E-state index in [1.165, 1.54) is 23.9 Å². The van der Waals surface area contributed by atoms with E-state index in [0.717, 1.165) is 10.5 Å². The van der Waals surface area contributed by atoms with Crippen LogP contribution in [-0.2, 0) is 14.4 Å². The van der Waals surface area contributed by atoms with Gasteiger partial charge in [0.05, 0.1) is 0 Å². The maximum absolute atomic E-state index is 12.0. The number of aromatic amines is 1. The van der Waals surface area contributed by atoms with Crippen LogP contribution in [0.2, 0.25) is 0 Å². The molecule has 32 heavy (non-hydrogen) atoms. The maximum atomic E-state index is 12.0. The van der Waals surface area contributed by atoms with Gasteiger partial charge in [0, 0.05) is 24.3 Å². The van der Waals surface area contributed by atoms with Crippen LogP contribution in [0.25, 0.3) is 0 Å². The lowest BCUT2D eigenvalue weighted by molar-refractivity contribution is -0.142. The van der Waals surface area contributed by atoms with Crippen LogP contribution in [0.3, 0.4) is 0 Å². The third-order valence-electron chi connectivity index (χ3n) is 4.58. The fourth-order valence-corrected chi connectivity index (χ4v) is 4.15. The van der Waals surface area contributed by atoms with Gasteiger partial charge in [-0.15, -0.1) is 24.4 Å². The molecule has 0 unspecified atom stereocenters. The number of thiol groups is 1. The summed E-state index contributed by atoms with van der Waals surface area (Å²) in [5.74, 6) is -2.55. The molecule has 174 valence electrons. The number of carbonyl (C=O) groups is 3. The minimum Gasteiger partial charge on any atom is -0.481 e. The molecule has 0 saturated carbocycles. The predicted molar refractivity (Wildman–Crippen MR) is 124 cm³/mol. The first kappa shape index (κ1) is 25.3.